The van der Waals surface area contributed by atoms with Crippen molar-refractivity contribution in [1.82, 2.24) is 15.3 Å². The molecular weight excluding hydrogens is 252 g/mol. The molecule has 0 aliphatic heterocycles. The van der Waals surface area contributed by atoms with Gasteiger partial charge in [0.1, 0.15) is 11.5 Å². The van der Waals surface area contributed by atoms with Crippen LogP contribution in [0.2, 0.25) is 0 Å². The van der Waals surface area contributed by atoms with Gasteiger partial charge in [0.2, 0.25) is 0 Å². The Morgan fingerprint density at radius 3 is 2.83 bits per heavy atom. The van der Waals surface area contributed by atoms with Gasteiger partial charge in [0.05, 0.1) is 12.4 Å². The fourth-order valence-electron chi connectivity index (χ4n) is 1.25. The van der Waals surface area contributed by atoms with Crippen molar-refractivity contribution < 1.29 is 9.00 Å². The van der Waals surface area contributed by atoms with Crippen LogP contribution in [0.1, 0.15) is 24.3 Å². The van der Waals surface area contributed by atoms with Gasteiger partial charge in [-0.15, -0.1) is 0 Å². The molecule has 0 spiro atoms. The fraction of sp³-hybridized carbons (Fsp3) is 0.545. The van der Waals surface area contributed by atoms with E-state index in [1.807, 2.05) is 13.8 Å². The zero-order valence-electron chi connectivity index (χ0n) is 10.6. The van der Waals surface area contributed by atoms with Gasteiger partial charge in [-0.05, 0) is 6.92 Å². The second-order valence-electron chi connectivity index (χ2n) is 3.51. The number of anilines is 1. The first-order valence-corrected chi connectivity index (χ1v) is 7.35. The lowest BCUT2D eigenvalue weighted by molar-refractivity contribution is 0.0951. The first kappa shape index (κ1) is 14.6. The van der Waals surface area contributed by atoms with Gasteiger partial charge in [-0.1, -0.05) is 6.92 Å². The standard InChI is InChI=1S/C11H18N4O2S/c1-3-13-10-8-12-7-9(15-10)11(16)14-5-6-18(17)4-2/h7-8H,3-6H2,1-2H3,(H,13,15)(H,14,16). The molecule has 1 atom stereocenters. The first-order valence-electron chi connectivity index (χ1n) is 5.86. The third-order valence-corrected chi connectivity index (χ3v) is 3.47. The quantitative estimate of drug-likeness (QED) is 0.749. The minimum Gasteiger partial charge on any atom is -0.369 e. The summed E-state index contributed by atoms with van der Waals surface area (Å²) >= 11 is 0. The molecule has 0 bridgehead atoms. The van der Waals surface area contributed by atoms with Crippen LogP contribution in [0.25, 0.3) is 0 Å². The van der Waals surface area contributed by atoms with Crippen LogP contribution in [-0.4, -0.2) is 44.7 Å². The number of nitrogens with zero attached hydrogens (tertiary/aromatic N) is 2. The number of carbonyl (C=O) groups excluding carboxylic acids is 1. The van der Waals surface area contributed by atoms with Crippen molar-refractivity contribution in [3.63, 3.8) is 0 Å². The summed E-state index contributed by atoms with van der Waals surface area (Å²) in [5.74, 6) is 1.34. The summed E-state index contributed by atoms with van der Waals surface area (Å²) < 4.78 is 11.2. The van der Waals surface area contributed by atoms with Crippen molar-refractivity contribution in [1.29, 1.82) is 0 Å². The summed E-state index contributed by atoms with van der Waals surface area (Å²) in [7, 11) is -0.870. The maximum Gasteiger partial charge on any atom is 0.271 e. The van der Waals surface area contributed by atoms with Crippen LogP contribution in [0, 0.1) is 0 Å². The summed E-state index contributed by atoms with van der Waals surface area (Å²) in [6.45, 7) is 4.89. The van der Waals surface area contributed by atoms with E-state index in [4.69, 9.17) is 0 Å². The Labute approximate surface area is 109 Å². The molecule has 1 aromatic heterocycles. The van der Waals surface area contributed by atoms with E-state index in [1.54, 1.807) is 6.20 Å². The maximum absolute atomic E-state index is 11.7. The molecule has 1 unspecified atom stereocenters. The summed E-state index contributed by atoms with van der Waals surface area (Å²) in [6.07, 6.45) is 2.97. The number of rotatable bonds is 7. The first-order chi connectivity index (χ1) is 8.67. The van der Waals surface area contributed by atoms with Crippen LogP contribution in [-0.2, 0) is 10.8 Å². The number of hydrogen-bond acceptors (Lipinski definition) is 5. The number of aromatic nitrogens is 2. The molecule has 0 aromatic carbocycles. The van der Waals surface area contributed by atoms with Crippen molar-refractivity contribution >= 4 is 22.5 Å². The van der Waals surface area contributed by atoms with E-state index in [0.29, 0.717) is 23.9 Å². The highest BCUT2D eigenvalue weighted by Gasteiger charge is 2.08. The molecule has 0 saturated carbocycles. The lowest BCUT2D eigenvalue weighted by Crippen LogP contribution is -2.29. The zero-order valence-corrected chi connectivity index (χ0v) is 11.4. The van der Waals surface area contributed by atoms with Gasteiger partial charge >= 0.3 is 0 Å². The summed E-state index contributed by atoms with van der Waals surface area (Å²) in [5, 5.41) is 5.66. The van der Waals surface area contributed by atoms with E-state index >= 15 is 0 Å². The van der Waals surface area contributed by atoms with Gasteiger partial charge < -0.3 is 10.6 Å². The van der Waals surface area contributed by atoms with Crippen molar-refractivity contribution in [3.8, 4) is 0 Å². The van der Waals surface area contributed by atoms with Crippen molar-refractivity contribution in [2.24, 2.45) is 0 Å². The topological polar surface area (TPSA) is 84.0 Å². The minimum absolute atomic E-state index is 0.260. The van der Waals surface area contributed by atoms with Crippen LogP contribution >= 0.6 is 0 Å². The lowest BCUT2D eigenvalue weighted by atomic mass is 10.4. The number of carbonyl (C=O) groups is 1. The fourth-order valence-corrected chi connectivity index (χ4v) is 1.87. The smallest absolute Gasteiger partial charge is 0.271 e. The zero-order chi connectivity index (χ0) is 13.4. The highest BCUT2D eigenvalue weighted by molar-refractivity contribution is 7.84. The molecule has 1 heterocycles. The maximum atomic E-state index is 11.7. The third kappa shape index (κ3) is 4.79. The van der Waals surface area contributed by atoms with Gasteiger partial charge in [0.15, 0.2) is 0 Å². The molecule has 18 heavy (non-hydrogen) atoms. The van der Waals surface area contributed by atoms with Gasteiger partial charge in [-0.3, -0.25) is 14.0 Å². The van der Waals surface area contributed by atoms with Gasteiger partial charge in [-0.2, -0.15) is 0 Å². The monoisotopic (exact) mass is 270 g/mol. The molecule has 0 saturated heterocycles. The predicted octanol–water partition coefficient (Wildman–Crippen LogP) is 0.407. The molecule has 0 fully saturated rings. The molecule has 2 N–H and O–H groups in total. The molecule has 100 valence electrons. The largest absolute Gasteiger partial charge is 0.369 e. The normalized spacial score (nSPS) is 11.9. The molecule has 0 radical (unpaired) electrons. The van der Waals surface area contributed by atoms with Crippen LogP contribution in [0.15, 0.2) is 12.4 Å². The van der Waals surface area contributed by atoms with E-state index < -0.39 is 10.8 Å². The summed E-state index contributed by atoms with van der Waals surface area (Å²) in [4.78, 5) is 19.8. The van der Waals surface area contributed by atoms with E-state index in [9.17, 15) is 9.00 Å². The Bertz CT molecular complexity index is 425. The Kier molecular flexibility index (Phi) is 6.27. The van der Waals surface area contributed by atoms with E-state index in [0.717, 1.165) is 6.54 Å². The van der Waals surface area contributed by atoms with Crippen molar-refractivity contribution in [2.45, 2.75) is 13.8 Å². The average Bonchev–Trinajstić information content (AvgIpc) is 2.39. The Hall–Kier alpha value is -1.50. The minimum atomic E-state index is -0.870. The van der Waals surface area contributed by atoms with E-state index in [2.05, 4.69) is 20.6 Å². The van der Waals surface area contributed by atoms with E-state index in [1.165, 1.54) is 6.20 Å². The Morgan fingerprint density at radius 2 is 2.17 bits per heavy atom. The Balaban J connectivity index is 2.50. The third-order valence-electron chi connectivity index (χ3n) is 2.16. The lowest BCUT2D eigenvalue weighted by Gasteiger charge is -2.06. The van der Waals surface area contributed by atoms with Crippen LogP contribution in [0.4, 0.5) is 5.82 Å². The predicted molar refractivity (Wildman–Crippen MR) is 72.1 cm³/mol. The Morgan fingerprint density at radius 1 is 1.39 bits per heavy atom. The van der Waals surface area contributed by atoms with Gasteiger partial charge in [-0.25, -0.2) is 4.98 Å². The molecular formula is C11H18N4O2S. The molecule has 1 aromatic rings. The average molecular weight is 270 g/mol. The van der Waals surface area contributed by atoms with Gasteiger partial charge in [0.25, 0.3) is 5.91 Å². The summed E-state index contributed by atoms with van der Waals surface area (Å²) in [5.41, 5.74) is 0.260. The highest BCUT2D eigenvalue weighted by Crippen LogP contribution is 2.01. The second kappa shape index (κ2) is 7.75. The SMILES string of the molecule is CCNc1cncc(C(=O)NCCS(=O)CC)n1. The van der Waals surface area contributed by atoms with Crippen LogP contribution in [0.5, 0.6) is 0 Å². The second-order valence-corrected chi connectivity index (χ2v) is 5.37. The molecule has 0 aliphatic carbocycles. The van der Waals surface area contributed by atoms with E-state index in [-0.39, 0.29) is 11.6 Å². The molecule has 6 nitrogen and oxygen atoms in total. The van der Waals surface area contributed by atoms with Gasteiger partial charge in [0, 0.05) is 35.4 Å². The molecule has 7 heteroatoms. The van der Waals surface area contributed by atoms with Crippen LogP contribution < -0.4 is 10.6 Å². The summed E-state index contributed by atoms with van der Waals surface area (Å²) in [6, 6.07) is 0. The van der Waals surface area contributed by atoms with Crippen molar-refractivity contribution in [3.05, 3.63) is 18.1 Å². The number of amides is 1. The molecule has 0 aliphatic rings. The molecule has 1 amide bonds. The highest BCUT2D eigenvalue weighted by atomic mass is 32.2. The number of hydrogen-bond donors (Lipinski definition) is 2. The molecule has 1 rings (SSSR count). The number of nitrogens with one attached hydrogen (secondary N) is 2. The van der Waals surface area contributed by atoms with Crippen molar-refractivity contribution in [2.75, 3.05) is 29.9 Å². The van der Waals surface area contributed by atoms with Crippen LogP contribution in [0.3, 0.4) is 0 Å².